The van der Waals surface area contributed by atoms with Crippen molar-refractivity contribution < 1.29 is 50.2 Å². The molecule has 0 bridgehead atoms. The first-order valence-corrected chi connectivity index (χ1v) is 8.96. The molecule has 1 aromatic heterocycles. The van der Waals surface area contributed by atoms with Crippen LogP contribution in [0.4, 0.5) is 35.5 Å². The van der Waals surface area contributed by atoms with Crippen LogP contribution in [0.5, 0.6) is 0 Å². The minimum atomic E-state index is -5.05. The third-order valence-corrected chi connectivity index (χ3v) is 4.60. The lowest BCUT2D eigenvalue weighted by atomic mass is 10.1. The minimum absolute atomic E-state index is 0.0143. The van der Waals surface area contributed by atoms with E-state index in [4.69, 9.17) is 9.84 Å². The first kappa shape index (κ1) is 23.3. The number of alkyl halides is 6. The van der Waals surface area contributed by atoms with E-state index in [1.807, 2.05) is 0 Å². The summed E-state index contributed by atoms with van der Waals surface area (Å²) < 4.78 is 97.9. The molecule has 0 atom stereocenters. The molecule has 3 rings (SSSR count). The molecule has 32 heavy (non-hydrogen) atoms. The van der Waals surface area contributed by atoms with Crippen molar-refractivity contribution in [3.05, 3.63) is 52.1 Å². The van der Waals surface area contributed by atoms with E-state index in [2.05, 4.69) is 5.10 Å². The third kappa shape index (κ3) is 4.94. The predicted molar refractivity (Wildman–Crippen MR) is 90.8 cm³/mol. The highest BCUT2D eigenvalue weighted by atomic mass is 19.4. The number of aromatic nitrogens is 2. The maximum Gasteiger partial charge on any atom is 0.416 e. The summed E-state index contributed by atoms with van der Waals surface area (Å²) in [7, 11) is 0. The first-order chi connectivity index (χ1) is 14.8. The van der Waals surface area contributed by atoms with Crippen LogP contribution in [0, 0.1) is 5.82 Å². The summed E-state index contributed by atoms with van der Waals surface area (Å²) >= 11 is 0. The summed E-state index contributed by atoms with van der Waals surface area (Å²) in [6, 6.07) is 0.807. The van der Waals surface area contributed by atoms with E-state index >= 15 is 0 Å². The molecule has 174 valence electrons. The molecule has 1 N–H and O–H groups in total. The van der Waals surface area contributed by atoms with Gasteiger partial charge in [0, 0.05) is 13.1 Å². The fourth-order valence-electron chi connectivity index (χ4n) is 3.11. The molecular weight excluding hydrogens is 455 g/mol. The van der Waals surface area contributed by atoms with Crippen LogP contribution in [0.2, 0.25) is 0 Å². The van der Waals surface area contributed by atoms with Gasteiger partial charge < -0.3 is 14.7 Å². The Morgan fingerprint density at radius 2 is 1.62 bits per heavy atom. The Morgan fingerprint density at radius 1 is 1.03 bits per heavy atom. The smallest absolute Gasteiger partial charge is 0.416 e. The van der Waals surface area contributed by atoms with Gasteiger partial charge in [0.15, 0.2) is 5.82 Å². The molecule has 2 heterocycles. The van der Waals surface area contributed by atoms with Crippen LogP contribution in [0.3, 0.4) is 0 Å². The Labute approximate surface area is 175 Å². The van der Waals surface area contributed by atoms with E-state index in [0.29, 0.717) is 12.1 Å². The van der Waals surface area contributed by atoms with Crippen molar-refractivity contribution in [1.82, 2.24) is 14.7 Å². The Bertz CT molecular complexity index is 1010. The summed E-state index contributed by atoms with van der Waals surface area (Å²) in [5.74, 6) is -2.76. The molecule has 1 amide bonds. The van der Waals surface area contributed by atoms with Crippen LogP contribution in [0.25, 0.3) is 0 Å². The van der Waals surface area contributed by atoms with Crippen LogP contribution in [-0.4, -0.2) is 38.4 Å². The van der Waals surface area contributed by atoms with E-state index in [0.717, 1.165) is 9.58 Å². The Morgan fingerprint density at radius 3 is 2.16 bits per heavy atom. The van der Waals surface area contributed by atoms with E-state index in [-0.39, 0.29) is 31.3 Å². The van der Waals surface area contributed by atoms with Crippen molar-refractivity contribution in [2.75, 3.05) is 6.54 Å². The number of rotatable bonds is 3. The molecule has 0 unspecified atom stereocenters. The van der Waals surface area contributed by atoms with E-state index in [1.54, 1.807) is 0 Å². The van der Waals surface area contributed by atoms with Gasteiger partial charge in [-0.1, -0.05) is 0 Å². The SMILES string of the molecule is O=C(O)c1nn2c(c1F)CN(C(=O)OCc1cc(C(F)(F)F)cc(C(F)(F)F)c1)CCC2. The molecule has 0 radical (unpaired) electrons. The van der Waals surface area contributed by atoms with Crippen molar-refractivity contribution in [2.45, 2.75) is 38.5 Å². The highest BCUT2D eigenvalue weighted by Gasteiger charge is 2.37. The number of carboxylic acid groups (broad SMARTS) is 1. The number of hydrogen-bond donors (Lipinski definition) is 1. The molecule has 0 spiro atoms. The Hall–Kier alpha value is -3.32. The van der Waals surface area contributed by atoms with Gasteiger partial charge in [-0.25, -0.2) is 14.0 Å². The molecule has 0 saturated carbocycles. The van der Waals surface area contributed by atoms with Crippen molar-refractivity contribution in [2.24, 2.45) is 0 Å². The fourth-order valence-corrected chi connectivity index (χ4v) is 3.11. The van der Waals surface area contributed by atoms with Gasteiger partial charge in [0.2, 0.25) is 5.69 Å². The average molecular weight is 469 g/mol. The van der Waals surface area contributed by atoms with Crippen LogP contribution >= 0.6 is 0 Å². The monoisotopic (exact) mass is 469 g/mol. The van der Waals surface area contributed by atoms with Gasteiger partial charge >= 0.3 is 24.4 Å². The number of carboxylic acids is 1. The maximum absolute atomic E-state index is 14.3. The number of halogens is 7. The number of hydrogen-bond acceptors (Lipinski definition) is 4. The predicted octanol–water partition coefficient (Wildman–Crippen LogP) is 4.30. The lowest BCUT2D eigenvalue weighted by Gasteiger charge is -2.20. The number of aryl methyl sites for hydroxylation is 1. The van der Waals surface area contributed by atoms with Crippen LogP contribution in [-0.2, 0) is 36.8 Å². The summed E-state index contributed by atoms with van der Waals surface area (Å²) in [4.78, 5) is 24.3. The average Bonchev–Trinajstić information content (AvgIpc) is 2.86. The van der Waals surface area contributed by atoms with Gasteiger partial charge in [-0.15, -0.1) is 0 Å². The molecule has 1 aromatic carbocycles. The second kappa shape index (κ2) is 8.31. The van der Waals surface area contributed by atoms with E-state index in [9.17, 15) is 40.3 Å². The molecule has 2 aromatic rings. The second-order valence-electron chi connectivity index (χ2n) is 6.88. The fraction of sp³-hybridized carbons (Fsp3) is 0.389. The van der Waals surface area contributed by atoms with Gasteiger partial charge in [0.1, 0.15) is 6.61 Å². The number of aromatic carboxylic acids is 1. The molecule has 1 aliphatic heterocycles. The Balaban J connectivity index is 1.78. The number of ether oxygens (including phenoxy) is 1. The molecule has 0 fully saturated rings. The number of carbonyl (C=O) groups is 2. The van der Waals surface area contributed by atoms with E-state index in [1.165, 1.54) is 0 Å². The highest BCUT2D eigenvalue weighted by Crippen LogP contribution is 2.36. The van der Waals surface area contributed by atoms with Crippen molar-refractivity contribution >= 4 is 12.1 Å². The lowest BCUT2D eigenvalue weighted by Crippen LogP contribution is -2.31. The standard InChI is InChI=1S/C18H14F7N3O4/c19-13-12-7-27(2-1-3-28(12)26-14(13)15(29)30)16(31)32-8-9-4-10(17(20,21)22)6-11(5-9)18(23,24)25/h4-6H,1-3,7-8H2,(H,29,30). The zero-order valence-electron chi connectivity index (χ0n) is 15.9. The number of fused-ring (bicyclic) bond motifs is 1. The van der Waals surface area contributed by atoms with Gasteiger partial charge in [-0.2, -0.15) is 31.4 Å². The number of amides is 1. The molecule has 0 aliphatic carbocycles. The zero-order chi connectivity index (χ0) is 23.8. The topological polar surface area (TPSA) is 84.7 Å². The first-order valence-electron chi connectivity index (χ1n) is 8.96. The summed E-state index contributed by atoms with van der Waals surface area (Å²) in [6.07, 6.45) is -11.0. The summed E-state index contributed by atoms with van der Waals surface area (Å²) in [5, 5.41) is 12.6. The van der Waals surface area contributed by atoms with Crippen LogP contribution in [0.15, 0.2) is 18.2 Å². The third-order valence-electron chi connectivity index (χ3n) is 4.60. The molecule has 1 aliphatic rings. The molecule has 0 saturated heterocycles. The molecule has 14 heteroatoms. The number of nitrogens with zero attached hydrogens (tertiary/aromatic N) is 3. The minimum Gasteiger partial charge on any atom is -0.476 e. The molecular formula is C18H14F7N3O4. The molecule has 7 nitrogen and oxygen atoms in total. The van der Waals surface area contributed by atoms with Gasteiger partial charge in [0.25, 0.3) is 0 Å². The maximum atomic E-state index is 14.3. The largest absolute Gasteiger partial charge is 0.476 e. The Kier molecular flexibility index (Phi) is 6.07. The van der Waals surface area contributed by atoms with Gasteiger partial charge in [-0.05, 0) is 30.2 Å². The number of benzene rings is 1. The second-order valence-corrected chi connectivity index (χ2v) is 6.88. The zero-order valence-corrected chi connectivity index (χ0v) is 15.9. The lowest BCUT2D eigenvalue weighted by molar-refractivity contribution is -0.143. The van der Waals surface area contributed by atoms with Gasteiger partial charge in [0.05, 0.1) is 23.4 Å². The van der Waals surface area contributed by atoms with Crippen molar-refractivity contribution in [3.8, 4) is 0 Å². The van der Waals surface area contributed by atoms with Crippen LogP contribution in [0.1, 0.15) is 39.3 Å². The summed E-state index contributed by atoms with van der Waals surface area (Å²) in [5.41, 5.74) is -4.70. The quantitative estimate of drug-likeness (QED) is 0.678. The summed E-state index contributed by atoms with van der Waals surface area (Å²) in [6.45, 7) is -1.24. The highest BCUT2D eigenvalue weighted by molar-refractivity contribution is 5.85. The van der Waals surface area contributed by atoms with Gasteiger partial charge in [-0.3, -0.25) is 4.68 Å². The van der Waals surface area contributed by atoms with Crippen molar-refractivity contribution in [1.29, 1.82) is 0 Å². The van der Waals surface area contributed by atoms with E-state index < -0.39 is 65.8 Å². The normalized spacial score (nSPS) is 14.7. The number of carbonyl (C=O) groups excluding carboxylic acids is 1. The van der Waals surface area contributed by atoms with Crippen molar-refractivity contribution in [3.63, 3.8) is 0 Å². The van der Waals surface area contributed by atoms with Crippen LogP contribution < -0.4 is 0 Å².